The summed E-state index contributed by atoms with van der Waals surface area (Å²) >= 11 is 5.95. The van der Waals surface area contributed by atoms with Crippen molar-refractivity contribution in [2.24, 2.45) is 0 Å². The zero-order valence-electron chi connectivity index (χ0n) is 15.4. The Morgan fingerprint density at radius 2 is 2.00 bits per heavy atom. The van der Waals surface area contributed by atoms with Crippen molar-refractivity contribution in [2.75, 3.05) is 32.1 Å². The van der Waals surface area contributed by atoms with Crippen molar-refractivity contribution in [2.45, 2.75) is 13.0 Å². The van der Waals surface area contributed by atoms with Crippen LogP contribution in [-0.2, 0) is 9.59 Å². The van der Waals surface area contributed by atoms with E-state index in [1.807, 2.05) is 13.0 Å². The molecule has 2 aromatic rings. The first-order valence-corrected chi connectivity index (χ1v) is 8.91. The summed E-state index contributed by atoms with van der Waals surface area (Å²) in [4.78, 5) is 28.2. The number of ether oxygens (including phenoxy) is 2. The molecule has 0 aliphatic carbocycles. The molecular weight excluding hydrogens is 368 g/mol. The number of benzene rings is 2. The van der Waals surface area contributed by atoms with E-state index in [1.54, 1.807) is 50.5 Å². The summed E-state index contributed by atoms with van der Waals surface area (Å²) in [6.07, 6.45) is -0.754. The van der Waals surface area contributed by atoms with Crippen LogP contribution in [0.1, 0.15) is 5.56 Å². The Kier molecular flexibility index (Phi) is 5.56. The summed E-state index contributed by atoms with van der Waals surface area (Å²) in [5, 5.41) is 0.610. The highest BCUT2D eigenvalue weighted by Crippen LogP contribution is 2.33. The molecule has 142 valence electrons. The molecule has 7 heteroatoms. The number of fused-ring (bicyclic) bond motifs is 1. The highest BCUT2D eigenvalue weighted by Gasteiger charge is 2.34. The van der Waals surface area contributed by atoms with Crippen LogP contribution < -0.4 is 14.4 Å². The predicted molar refractivity (Wildman–Crippen MR) is 104 cm³/mol. The molecule has 0 fully saturated rings. The molecule has 1 aliphatic heterocycles. The van der Waals surface area contributed by atoms with Crippen molar-refractivity contribution in [1.82, 2.24) is 4.90 Å². The first kappa shape index (κ1) is 19.0. The molecule has 3 rings (SSSR count). The SMILES string of the molecule is Cc1cc(Cl)ccc1OCC(=O)N1CC(C(=O)N(C)C)Oc2ccccc21. The van der Waals surface area contributed by atoms with E-state index in [1.165, 1.54) is 9.80 Å². The quantitative estimate of drug-likeness (QED) is 0.808. The minimum atomic E-state index is -0.754. The number of nitrogens with zero attached hydrogens (tertiary/aromatic N) is 2. The zero-order valence-corrected chi connectivity index (χ0v) is 16.2. The average Bonchev–Trinajstić information content (AvgIpc) is 2.65. The van der Waals surface area contributed by atoms with Crippen molar-refractivity contribution >= 4 is 29.1 Å². The number of hydrogen-bond donors (Lipinski definition) is 0. The summed E-state index contributed by atoms with van der Waals surface area (Å²) in [6.45, 7) is 1.84. The molecule has 1 heterocycles. The molecule has 0 spiro atoms. The van der Waals surface area contributed by atoms with Crippen LogP contribution in [0.25, 0.3) is 0 Å². The number of amides is 2. The van der Waals surface area contributed by atoms with Crippen molar-refractivity contribution in [1.29, 1.82) is 0 Å². The molecule has 0 saturated carbocycles. The Balaban J connectivity index is 1.78. The van der Waals surface area contributed by atoms with Crippen LogP contribution in [0.3, 0.4) is 0 Å². The average molecular weight is 389 g/mol. The third-order valence-electron chi connectivity index (χ3n) is 4.28. The van der Waals surface area contributed by atoms with Crippen LogP contribution >= 0.6 is 11.6 Å². The molecule has 2 aromatic carbocycles. The van der Waals surface area contributed by atoms with E-state index >= 15 is 0 Å². The van der Waals surface area contributed by atoms with E-state index in [-0.39, 0.29) is 25.0 Å². The van der Waals surface area contributed by atoms with Gasteiger partial charge in [0.15, 0.2) is 12.7 Å². The minimum absolute atomic E-state index is 0.135. The zero-order chi connectivity index (χ0) is 19.6. The van der Waals surface area contributed by atoms with E-state index in [0.29, 0.717) is 22.2 Å². The fraction of sp³-hybridized carbons (Fsp3) is 0.300. The van der Waals surface area contributed by atoms with Crippen LogP contribution in [-0.4, -0.2) is 50.1 Å². The van der Waals surface area contributed by atoms with Gasteiger partial charge in [-0.25, -0.2) is 0 Å². The van der Waals surface area contributed by atoms with Crippen LogP contribution in [0.15, 0.2) is 42.5 Å². The van der Waals surface area contributed by atoms with Gasteiger partial charge in [0.2, 0.25) is 0 Å². The van der Waals surface area contributed by atoms with Gasteiger partial charge >= 0.3 is 0 Å². The summed E-state index contributed by atoms with van der Waals surface area (Å²) in [5.41, 5.74) is 1.47. The Labute approximate surface area is 163 Å². The number of carbonyl (C=O) groups is 2. The molecule has 0 bridgehead atoms. The molecule has 27 heavy (non-hydrogen) atoms. The van der Waals surface area contributed by atoms with Crippen molar-refractivity contribution in [3.63, 3.8) is 0 Å². The fourth-order valence-electron chi connectivity index (χ4n) is 2.88. The lowest BCUT2D eigenvalue weighted by Gasteiger charge is -2.35. The van der Waals surface area contributed by atoms with Crippen molar-refractivity contribution in [3.05, 3.63) is 53.1 Å². The van der Waals surface area contributed by atoms with Gasteiger partial charge in [0.25, 0.3) is 11.8 Å². The number of halogens is 1. The van der Waals surface area contributed by atoms with E-state index in [4.69, 9.17) is 21.1 Å². The molecule has 1 atom stereocenters. The molecule has 1 unspecified atom stereocenters. The lowest BCUT2D eigenvalue weighted by Crippen LogP contribution is -2.51. The number of aryl methyl sites for hydroxylation is 1. The third kappa shape index (κ3) is 4.17. The van der Waals surface area contributed by atoms with Crippen molar-refractivity contribution < 1.29 is 19.1 Å². The maximum absolute atomic E-state index is 12.8. The monoisotopic (exact) mass is 388 g/mol. The van der Waals surface area contributed by atoms with E-state index in [0.717, 1.165) is 5.56 Å². The van der Waals surface area contributed by atoms with Crippen LogP contribution in [0.4, 0.5) is 5.69 Å². The van der Waals surface area contributed by atoms with Crippen LogP contribution in [0.5, 0.6) is 11.5 Å². The Morgan fingerprint density at radius 3 is 2.70 bits per heavy atom. The smallest absolute Gasteiger partial charge is 0.265 e. The molecule has 0 aromatic heterocycles. The molecule has 0 saturated heterocycles. The van der Waals surface area contributed by atoms with Crippen LogP contribution in [0.2, 0.25) is 5.02 Å². The van der Waals surface area contributed by atoms with Gasteiger partial charge in [0.1, 0.15) is 11.5 Å². The van der Waals surface area contributed by atoms with Gasteiger partial charge in [-0.15, -0.1) is 0 Å². The first-order valence-electron chi connectivity index (χ1n) is 8.53. The number of hydrogen-bond acceptors (Lipinski definition) is 4. The van der Waals surface area contributed by atoms with E-state index in [2.05, 4.69) is 0 Å². The Hall–Kier alpha value is -2.73. The van der Waals surface area contributed by atoms with Gasteiger partial charge in [-0.2, -0.15) is 0 Å². The van der Waals surface area contributed by atoms with Gasteiger partial charge in [-0.3, -0.25) is 9.59 Å². The first-order chi connectivity index (χ1) is 12.9. The topological polar surface area (TPSA) is 59.1 Å². The van der Waals surface area contributed by atoms with Gasteiger partial charge in [-0.05, 0) is 42.8 Å². The third-order valence-corrected chi connectivity index (χ3v) is 4.51. The highest BCUT2D eigenvalue weighted by molar-refractivity contribution is 6.30. The number of rotatable bonds is 4. The number of likely N-dealkylation sites (N-methyl/N-ethyl adjacent to an activating group) is 1. The minimum Gasteiger partial charge on any atom is -0.483 e. The van der Waals surface area contributed by atoms with Crippen molar-refractivity contribution in [3.8, 4) is 11.5 Å². The second-order valence-corrected chi connectivity index (χ2v) is 6.95. The predicted octanol–water partition coefficient (Wildman–Crippen LogP) is 2.91. The normalized spacial score (nSPS) is 15.6. The maximum atomic E-state index is 12.8. The summed E-state index contributed by atoms with van der Waals surface area (Å²) in [5.74, 6) is 0.642. The molecule has 0 N–H and O–H groups in total. The standard InChI is InChI=1S/C20H21ClN2O4/c1-13-10-14(21)8-9-16(13)26-12-19(24)23-11-18(20(25)22(2)3)27-17-7-5-4-6-15(17)23/h4-10,18H,11-12H2,1-3H3. The summed E-state index contributed by atoms with van der Waals surface area (Å²) < 4.78 is 11.5. The van der Waals surface area contributed by atoms with Gasteiger partial charge < -0.3 is 19.3 Å². The second kappa shape index (κ2) is 7.88. The highest BCUT2D eigenvalue weighted by atomic mass is 35.5. The van der Waals surface area contributed by atoms with Gasteiger partial charge in [0, 0.05) is 19.1 Å². The van der Waals surface area contributed by atoms with E-state index in [9.17, 15) is 9.59 Å². The number of anilines is 1. The summed E-state index contributed by atoms with van der Waals surface area (Å²) in [7, 11) is 3.32. The maximum Gasteiger partial charge on any atom is 0.265 e. The summed E-state index contributed by atoms with van der Waals surface area (Å²) in [6, 6.07) is 12.4. The Morgan fingerprint density at radius 1 is 1.26 bits per heavy atom. The second-order valence-electron chi connectivity index (χ2n) is 6.51. The van der Waals surface area contributed by atoms with Gasteiger partial charge in [-0.1, -0.05) is 23.7 Å². The van der Waals surface area contributed by atoms with E-state index < -0.39 is 6.10 Å². The molecule has 6 nitrogen and oxygen atoms in total. The molecule has 2 amide bonds. The largest absolute Gasteiger partial charge is 0.483 e. The number of carbonyl (C=O) groups excluding carboxylic acids is 2. The Bertz CT molecular complexity index is 869. The fourth-order valence-corrected chi connectivity index (χ4v) is 3.11. The number of para-hydroxylation sites is 2. The molecule has 0 radical (unpaired) electrons. The lowest BCUT2D eigenvalue weighted by molar-refractivity contribution is -0.136. The molecule has 1 aliphatic rings. The molecular formula is C20H21ClN2O4. The van der Waals surface area contributed by atoms with Gasteiger partial charge in [0.05, 0.1) is 12.2 Å². The lowest BCUT2D eigenvalue weighted by atomic mass is 10.1. The van der Waals surface area contributed by atoms with Crippen LogP contribution in [0, 0.1) is 6.92 Å².